The van der Waals surface area contributed by atoms with Crippen LogP contribution in [0, 0.1) is 22.7 Å². The second-order valence-corrected chi connectivity index (χ2v) is 16.3. The van der Waals surface area contributed by atoms with Gasteiger partial charge in [0.15, 0.2) is 0 Å². The SMILES string of the molecule is C=C/C(C)=C(\C(=C)CC(=C)CCC)C(=C)N/C(=N\C)c1cc(CC2=CCCC(C/C(=C/C(=C)/C=C/c3ccc(C#N)c(C(F)(F)F)c3)C3(C(C)=O)CCC3)CC2)ccc1O. The molecule has 2 aliphatic carbocycles. The van der Waals surface area contributed by atoms with Crippen LogP contribution in [0.15, 0.2) is 143 Å². The van der Waals surface area contributed by atoms with Crippen LogP contribution in [0.4, 0.5) is 13.2 Å². The highest BCUT2D eigenvalue weighted by atomic mass is 19.4. The molecule has 60 heavy (non-hydrogen) atoms. The zero-order valence-electron chi connectivity index (χ0n) is 35.8. The molecule has 0 spiro atoms. The lowest BCUT2D eigenvalue weighted by molar-refractivity contribution is -0.137. The molecule has 316 valence electrons. The van der Waals surface area contributed by atoms with Crippen molar-refractivity contribution in [3.05, 3.63) is 166 Å². The van der Waals surface area contributed by atoms with Gasteiger partial charge in [-0.3, -0.25) is 9.79 Å². The van der Waals surface area contributed by atoms with Gasteiger partial charge in [0.2, 0.25) is 0 Å². The second-order valence-electron chi connectivity index (χ2n) is 16.3. The molecule has 1 fully saturated rings. The van der Waals surface area contributed by atoms with E-state index in [9.17, 15) is 28.3 Å². The molecule has 0 amide bonds. The Morgan fingerprint density at radius 3 is 2.43 bits per heavy atom. The van der Waals surface area contributed by atoms with Crippen molar-refractivity contribution in [3.63, 3.8) is 0 Å². The molecule has 2 aromatic rings. The average Bonchev–Trinajstić information content (AvgIpc) is 3.40. The Labute approximate surface area is 355 Å². The van der Waals surface area contributed by atoms with E-state index < -0.39 is 22.7 Å². The van der Waals surface area contributed by atoms with Gasteiger partial charge in [-0.25, -0.2) is 0 Å². The Hall–Kier alpha value is -5.68. The van der Waals surface area contributed by atoms with Crippen LogP contribution in [0.25, 0.3) is 6.08 Å². The minimum Gasteiger partial charge on any atom is -0.507 e. The lowest BCUT2D eigenvalue weighted by atomic mass is 9.59. The number of Topliss-reactive ketones (excluding diaryl/α,β-unsaturated/α-hetero) is 1. The van der Waals surface area contributed by atoms with Crippen molar-refractivity contribution >= 4 is 17.7 Å². The molecular weight excluding hydrogens is 756 g/mol. The highest BCUT2D eigenvalue weighted by Gasteiger charge is 2.45. The summed E-state index contributed by atoms with van der Waals surface area (Å²) in [5, 5.41) is 23.6. The van der Waals surface area contributed by atoms with Gasteiger partial charge >= 0.3 is 6.18 Å². The molecule has 0 aliphatic heterocycles. The van der Waals surface area contributed by atoms with Gasteiger partial charge < -0.3 is 10.4 Å². The number of hydrogen-bond acceptors (Lipinski definition) is 4. The molecule has 2 N–H and O–H groups in total. The van der Waals surface area contributed by atoms with Gasteiger partial charge in [0.1, 0.15) is 17.4 Å². The third kappa shape index (κ3) is 12.0. The minimum atomic E-state index is -4.65. The van der Waals surface area contributed by atoms with Crippen molar-refractivity contribution in [1.82, 2.24) is 5.32 Å². The van der Waals surface area contributed by atoms with Crippen LogP contribution >= 0.6 is 0 Å². The summed E-state index contributed by atoms with van der Waals surface area (Å²) in [5.74, 6) is 1.04. The largest absolute Gasteiger partial charge is 0.507 e. The molecule has 2 aromatic carbocycles. The van der Waals surface area contributed by atoms with E-state index in [1.54, 1.807) is 44.3 Å². The zero-order valence-corrected chi connectivity index (χ0v) is 35.8. The number of amidine groups is 1. The second kappa shape index (κ2) is 21.0. The number of phenols is 1. The quantitative estimate of drug-likeness (QED) is 0.0679. The van der Waals surface area contributed by atoms with Gasteiger partial charge in [0, 0.05) is 23.7 Å². The zero-order chi connectivity index (χ0) is 44.2. The van der Waals surface area contributed by atoms with Crippen molar-refractivity contribution in [2.24, 2.45) is 16.3 Å². The average molecular weight is 816 g/mol. The summed E-state index contributed by atoms with van der Waals surface area (Å²) in [6, 6.07) is 10.9. The Morgan fingerprint density at radius 2 is 1.83 bits per heavy atom. The molecule has 0 saturated heterocycles. The van der Waals surface area contributed by atoms with E-state index in [1.165, 1.54) is 17.7 Å². The first-order chi connectivity index (χ1) is 28.5. The molecule has 1 saturated carbocycles. The number of alkyl halides is 3. The number of hydrogen-bond donors (Lipinski definition) is 2. The number of nitrogens with one attached hydrogen (secondary N) is 1. The van der Waals surface area contributed by atoms with Gasteiger partial charge in [0.25, 0.3) is 0 Å². The van der Waals surface area contributed by atoms with E-state index in [2.05, 4.69) is 56.2 Å². The molecule has 4 rings (SSSR count). The van der Waals surface area contributed by atoms with Crippen molar-refractivity contribution < 1.29 is 23.1 Å². The van der Waals surface area contributed by atoms with E-state index in [4.69, 9.17) is 0 Å². The summed E-state index contributed by atoms with van der Waals surface area (Å²) in [4.78, 5) is 17.7. The van der Waals surface area contributed by atoms with E-state index in [-0.39, 0.29) is 11.5 Å². The first-order valence-corrected chi connectivity index (χ1v) is 20.8. The lowest BCUT2D eigenvalue weighted by Crippen LogP contribution is -2.39. The molecule has 5 nitrogen and oxygen atoms in total. The number of nitrogens with zero attached hydrogens (tertiary/aromatic N) is 2. The highest BCUT2D eigenvalue weighted by molar-refractivity contribution is 6.02. The fraction of sp³-hybridized carbons (Fsp3) is 0.365. The number of aromatic hydroxyl groups is 1. The molecule has 0 heterocycles. The number of aliphatic imine (C=N–C) groups is 1. The lowest BCUT2D eigenvalue weighted by Gasteiger charge is -2.43. The summed E-state index contributed by atoms with van der Waals surface area (Å²) in [6.07, 6.45) is 14.8. The van der Waals surface area contributed by atoms with Crippen molar-refractivity contribution in [2.75, 3.05) is 7.05 Å². The molecule has 2 aliphatic rings. The van der Waals surface area contributed by atoms with E-state index in [0.717, 1.165) is 104 Å². The van der Waals surface area contributed by atoms with E-state index >= 15 is 0 Å². The number of halogens is 3. The van der Waals surface area contributed by atoms with E-state index in [0.29, 0.717) is 47.0 Å². The van der Waals surface area contributed by atoms with Crippen LogP contribution in [0.3, 0.4) is 0 Å². The summed E-state index contributed by atoms with van der Waals surface area (Å²) in [5.41, 5.74) is 7.29. The smallest absolute Gasteiger partial charge is 0.417 e. The van der Waals surface area contributed by atoms with Crippen LogP contribution in [-0.4, -0.2) is 23.8 Å². The standard InChI is InChI=1S/C52H60F3N3O2/c1-10-14-34(3)27-37(6)49(36(5)11-2)38(7)58-50(57-9)46-31-43(22-24-48(46)60)29-40-15-12-16-41(20-19-40)30-45(51(39(8)59)25-13-26-51)28-35(4)17-18-42-21-23-44(33-56)47(32-42)52(53,54)55/h11,15,17-18,21-24,28,31-32,41,60H,2-4,6-7,10,12-14,16,19-20,25-27,29-30H2,1,5,8-9H3,(H,57,58)/b18-17+,45-28-,49-36+. The molecular formula is C52H60F3N3O2. The van der Waals surface area contributed by atoms with Crippen LogP contribution < -0.4 is 5.32 Å². The normalized spacial score (nSPS) is 17.4. The van der Waals surface area contributed by atoms with E-state index in [1.807, 2.05) is 25.1 Å². The number of benzene rings is 2. The van der Waals surface area contributed by atoms with Gasteiger partial charge in [-0.05, 0) is 136 Å². The Morgan fingerprint density at radius 1 is 1.10 bits per heavy atom. The Kier molecular flexibility index (Phi) is 16.5. The minimum absolute atomic E-state index is 0.102. The number of phenolic OH excluding ortho intramolecular Hbond substituents is 1. The number of nitriles is 1. The molecule has 0 aromatic heterocycles. The predicted octanol–water partition coefficient (Wildman–Crippen LogP) is 13.6. The Balaban J connectivity index is 1.48. The number of allylic oxidation sites excluding steroid dienone is 10. The summed E-state index contributed by atoms with van der Waals surface area (Å²) in [7, 11) is 1.67. The summed E-state index contributed by atoms with van der Waals surface area (Å²) < 4.78 is 40.8. The van der Waals surface area contributed by atoms with Gasteiger partial charge in [-0.1, -0.05) is 112 Å². The monoisotopic (exact) mass is 815 g/mol. The number of ketones is 1. The number of rotatable bonds is 18. The molecule has 1 atom stereocenters. The predicted molar refractivity (Wildman–Crippen MR) is 241 cm³/mol. The van der Waals surface area contributed by atoms with Crippen LogP contribution in [0.1, 0.15) is 119 Å². The van der Waals surface area contributed by atoms with Crippen LogP contribution in [0.2, 0.25) is 0 Å². The number of carbonyl (C=O) groups excluding carboxylic acids is 1. The van der Waals surface area contributed by atoms with Crippen molar-refractivity contribution in [2.45, 2.75) is 104 Å². The highest BCUT2D eigenvalue weighted by Crippen LogP contribution is 2.51. The summed E-state index contributed by atoms with van der Waals surface area (Å²) in [6.45, 7) is 26.8. The van der Waals surface area contributed by atoms with Gasteiger partial charge in [0.05, 0.1) is 22.8 Å². The van der Waals surface area contributed by atoms with Crippen LogP contribution in [-0.2, 0) is 17.4 Å². The maximum Gasteiger partial charge on any atom is 0.417 e. The van der Waals surface area contributed by atoms with Crippen LogP contribution in [0.5, 0.6) is 5.75 Å². The number of carbonyl (C=O) groups is 1. The fourth-order valence-electron chi connectivity index (χ4n) is 8.39. The molecule has 8 heteroatoms. The van der Waals surface area contributed by atoms with Crippen molar-refractivity contribution in [1.29, 1.82) is 5.26 Å². The fourth-order valence-corrected chi connectivity index (χ4v) is 8.39. The topological polar surface area (TPSA) is 85.5 Å². The molecule has 0 bridgehead atoms. The maximum atomic E-state index is 13.6. The summed E-state index contributed by atoms with van der Waals surface area (Å²) >= 11 is 0. The van der Waals surface area contributed by atoms with Crippen molar-refractivity contribution in [3.8, 4) is 11.8 Å². The Bertz CT molecular complexity index is 2220. The molecule has 0 radical (unpaired) electrons. The van der Waals surface area contributed by atoms with Gasteiger partial charge in [-0.2, -0.15) is 18.4 Å². The third-order valence-corrected chi connectivity index (χ3v) is 11.9. The first kappa shape index (κ1) is 47.0. The van der Waals surface area contributed by atoms with Gasteiger partial charge in [-0.15, -0.1) is 0 Å². The molecule has 1 unspecified atom stereocenters. The third-order valence-electron chi connectivity index (χ3n) is 11.9. The maximum absolute atomic E-state index is 13.6. The first-order valence-electron chi connectivity index (χ1n) is 20.8.